The topological polar surface area (TPSA) is 376 Å². The van der Waals surface area contributed by atoms with Gasteiger partial charge in [-0.1, -0.05) is 0 Å². The fourth-order valence-corrected chi connectivity index (χ4v) is 7.37. The van der Waals surface area contributed by atoms with Gasteiger partial charge in [0.2, 0.25) is 0 Å². The van der Waals surface area contributed by atoms with Crippen molar-refractivity contribution >= 4 is 92.1 Å². The van der Waals surface area contributed by atoms with Gasteiger partial charge in [-0.15, -0.1) is 0 Å². The quantitative estimate of drug-likeness (QED) is 0.0778. The molecule has 0 saturated heterocycles. The first-order valence-electron chi connectivity index (χ1n) is 18.4. The lowest BCUT2D eigenvalue weighted by Gasteiger charge is -2.10. The Hall–Kier alpha value is -7.68. The second-order valence-electron chi connectivity index (χ2n) is 14.1. The lowest BCUT2D eigenvalue weighted by molar-refractivity contribution is -0.146. The van der Waals surface area contributed by atoms with Gasteiger partial charge >= 0.3 is 47.8 Å². The molecule has 0 aliphatic carbocycles. The Labute approximate surface area is 342 Å². The van der Waals surface area contributed by atoms with Crippen LogP contribution < -0.4 is 0 Å². The number of nitrogens with zero attached hydrogens (tertiary/aromatic N) is 2. The number of aliphatic hydroxyl groups excluding tert-OH is 1. The van der Waals surface area contributed by atoms with Crippen LogP contribution in [0.25, 0.3) is 44.4 Å². The summed E-state index contributed by atoms with van der Waals surface area (Å²) in [6.07, 6.45) is -8.23. The molecule has 21 heteroatoms. The number of aliphatic carboxylic acids is 8. The number of aryl methyl sites for hydroxylation is 2. The van der Waals surface area contributed by atoms with Crippen LogP contribution in [0, 0.1) is 0 Å². The maximum absolute atomic E-state index is 12.3. The number of aromatic amines is 2. The molecule has 5 heterocycles. The number of hydrogen-bond donors (Lipinski definition) is 11. The zero-order valence-electron chi connectivity index (χ0n) is 31.9. The van der Waals surface area contributed by atoms with E-state index >= 15 is 0 Å². The SMILES string of the molecule is O=C(O)CCC1=C(CC(=O)O)c2cc3nc(cc4[nH]c(cc5[nH]c(cc1n2)c(CCC(=O)O)c5CC(=O)O)c(CCC(=O)O)c4CC(=O)O)C(CC(O)C(=O)O)=C3CC(=O)O. The van der Waals surface area contributed by atoms with Gasteiger partial charge in [0, 0.05) is 47.8 Å². The molecule has 2 aliphatic heterocycles. The summed E-state index contributed by atoms with van der Waals surface area (Å²) in [5.74, 6) is -11.0. The van der Waals surface area contributed by atoms with Crippen LogP contribution in [-0.2, 0) is 64.0 Å². The molecule has 0 fully saturated rings. The molecule has 0 saturated carbocycles. The van der Waals surface area contributed by atoms with Gasteiger partial charge in [-0.2, -0.15) is 0 Å². The molecule has 1 atom stereocenters. The third-order valence-corrected chi connectivity index (χ3v) is 9.90. The largest absolute Gasteiger partial charge is 0.481 e. The van der Waals surface area contributed by atoms with Gasteiger partial charge in [0.15, 0.2) is 6.10 Å². The summed E-state index contributed by atoms with van der Waals surface area (Å²) in [6.45, 7) is 0. The van der Waals surface area contributed by atoms with Crippen LogP contribution >= 0.6 is 0 Å². The highest BCUT2D eigenvalue weighted by Gasteiger charge is 2.30. The molecule has 3 aromatic heterocycles. The van der Waals surface area contributed by atoms with Crippen LogP contribution in [0.5, 0.6) is 0 Å². The number of fused-ring (bicyclic) bond motifs is 8. The first-order chi connectivity index (χ1) is 28.7. The lowest BCUT2D eigenvalue weighted by Crippen LogP contribution is -2.19. The second-order valence-corrected chi connectivity index (χ2v) is 14.1. The summed E-state index contributed by atoms with van der Waals surface area (Å²) in [7, 11) is 0. The maximum Gasteiger partial charge on any atom is 0.332 e. The summed E-state index contributed by atoms with van der Waals surface area (Å²) in [6, 6.07) is 5.14. The third kappa shape index (κ3) is 10.7. The fourth-order valence-electron chi connectivity index (χ4n) is 7.37. The van der Waals surface area contributed by atoms with Crippen molar-refractivity contribution in [1.82, 2.24) is 19.9 Å². The summed E-state index contributed by atoms with van der Waals surface area (Å²) < 4.78 is 0. The van der Waals surface area contributed by atoms with E-state index in [1.54, 1.807) is 0 Å². The highest BCUT2D eigenvalue weighted by molar-refractivity contribution is 6.03. The molecule has 0 aromatic carbocycles. The van der Waals surface area contributed by atoms with Crippen molar-refractivity contribution in [3.8, 4) is 0 Å². The van der Waals surface area contributed by atoms with Gasteiger partial charge in [-0.25, -0.2) is 14.8 Å². The molecule has 8 bridgehead atoms. The molecular formula is C40H38N4O17. The van der Waals surface area contributed by atoms with Crippen molar-refractivity contribution in [3.05, 3.63) is 69.3 Å². The highest BCUT2D eigenvalue weighted by atomic mass is 16.4. The summed E-state index contributed by atoms with van der Waals surface area (Å²) in [4.78, 5) is 112. The number of rotatable bonds is 20. The van der Waals surface area contributed by atoms with Crippen LogP contribution in [0.1, 0.15) is 90.0 Å². The van der Waals surface area contributed by atoms with E-state index in [9.17, 15) is 84.3 Å². The van der Waals surface area contributed by atoms with E-state index in [1.807, 2.05) is 0 Å². The predicted octanol–water partition coefficient (Wildman–Crippen LogP) is 3.07. The predicted molar refractivity (Wildman–Crippen MR) is 209 cm³/mol. The molecule has 5 rings (SSSR count). The van der Waals surface area contributed by atoms with Crippen molar-refractivity contribution in [2.24, 2.45) is 0 Å². The molecule has 21 nitrogen and oxygen atoms in total. The normalized spacial score (nSPS) is 12.9. The Morgan fingerprint density at radius 1 is 0.426 bits per heavy atom. The maximum atomic E-state index is 12.3. The number of aliphatic hydroxyl groups is 1. The number of carboxylic acid groups (broad SMARTS) is 8. The first-order valence-corrected chi connectivity index (χ1v) is 18.4. The van der Waals surface area contributed by atoms with Gasteiger partial charge in [0.1, 0.15) is 0 Å². The molecule has 320 valence electrons. The van der Waals surface area contributed by atoms with E-state index in [2.05, 4.69) is 19.9 Å². The Morgan fingerprint density at radius 3 is 1.21 bits per heavy atom. The van der Waals surface area contributed by atoms with Gasteiger partial charge in [0.25, 0.3) is 0 Å². The van der Waals surface area contributed by atoms with Crippen molar-refractivity contribution in [2.45, 2.75) is 76.7 Å². The van der Waals surface area contributed by atoms with E-state index in [0.717, 1.165) is 0 Å². The summed E-state index contributed by atoms with van der Waals surface area (Å²) >= 11 is 0. The highest BCUT2D eigenvalue weighted by Crippen LogP contribution is 2.40. The van der Waals surface area contributed by atoms with Gasteiger partial charge in [-0.3, -0.25) is 33.6 Å². The lowest BCUT2D eigenvalue weighted by atomic mass is 9.94. The van der Waals surface area contributed by atoms with E-state index < -0.39 is 105 Å². The number of carboxylic acids is 8. The minimum Gasteiger partial charge on any atom is -0.481 e. The van der Waals surface area contributed by atoms with Crippen molar-refractivity contribution in [2.75, 3.05) is 0 Å². The Morgan fingerprint density at radius 2 is 0.787 bits per heavy atom. The van der Waals surface area contributed by atoms with Gasteiger partial charge < -0.3 is 55.9 Å². The van der Waals surface area contributed by atoms with Gasteiger partial charge in [0.05, 0.1) is 48.5 Å². The van der Waals surface area contributed by atoms with E-state index in [4.69, 9.17) is 0 Å². The van der Waals surface area contributed by atoms with Crippen LogP contribution in [0.4, 0.5) is 0 Å². The van der Waals surface area contributed by atoms with Crippen molar-refractivity contribution < 1.29 is 84.3 Å². The van der Waals surface area contributed by atoms with Crippen molar-refractivity contribution in [3.63, 3.8) is 0 Å². The molecule has 1 unspecified atom stereocenters. The molecule has 2 aliphatic rings. The number of hydrogen-bond acceptors (Lipinski definition) is 11. The van der Waals surface area contributed by atoms with Crippen LogP contribution in [0.2, 0.25) is 0 Å². The minimum absolute atomic E-state index is 0.0142. The van der Waals surface area contributed by atoms with E-state index in [0.29, 0.717) is 0 Å². The molecule has 0 radical (unpaired) electrons. The Bertz CT molecular complexity index is 2630. The number of nitrogens with one attached hydrogen (secondary N) is 2. The number of allylic oxidation sites excluding steroid dienone is 1. The molecule has 61 heavy (non-hydrogen) atoms. The molecule has 3 aromatic rings. The first kappa shape index (κ1) is 44.4. The second kappa shape index (κ2) is 18.5. The standard InChI is InChI=1S/C40H38N4O17/c45-32(40(60)61)7-19-23(11-39(58)59)31-15-30-21(9-37(54)55)17(2-5-34(48)49)25(42-30)12-24-16(1-4-33(46)47)20(8-36(52)53)28(41-24)13-26-18(3-6-35(50)51)22(10-38(56)57)29(43-26)14-27(19)44-31/h12-15,32,41,43,45H,1-11H2,(H,46,47)(H,48,49)(H,50,51)(H,52,53)(H,54,55)(H,56,57)(H,58,59)(H,60,61). The number of H-pyrrole nitrogens is 2. The number of carbonyl (C=O) groups is 8. The zero-order valence-corrected chi connectivity index (χ0v) is 31.9. The van der Waals surface area contributed by atoms with Crippen LogP contribution in [0.15, 0.2) is 24.3 Å². The van der Waals surface area contributed by atoms with Crippen molar-refractivity contribution in [1.29, 1.82) is 0 Å². The average Bonchev–Trinajstić information content (AvgIpc) is 3.82. The van der Waals surface area contributed by atoms with E-state index in [1.165, 1.54) is 24.3 Å². The Kier molecular flexibility index (Phi) is 13.5. The molecule has 0 spiro atoms. The third-order valence-electron chi connectivity index (χ3n) is 9.90. The molecule has 11 N–H and O–H groups in total. The zero-order chi connectivity index (χ0) is 44.9. The van der Waals surface area contributed by atoms with E-state index in [-0.39, 0.29) is 109 Å². The monoisotopic (exact) mass is 846 g/mol. The fraction of sp³-hybridized carbons (Fsp3) is 0.300. The average molecular weight is 847 g/mol. The summed E-state index contributed by atoms with van der Waals surface area (Å²) in [5.41, 5.74) is -0.159. The molecular weight excluding hydrogens is 808 g/mol. The van der Waals surface area contributed by atoms with Gasteiger partial charge in [-0.05, 0) is 88.1 Å². The minimum atomic E-state index is -2.11. The number of aromatic nitrogens is 4. The van der Waals surface area contributed by atoms with Crippen LogP contribution in [0.3, 0.4) is 0 Å². The molecule has 0 amide bonds. The van der Waals surface area contributed by atoms with Crippen LogP contribution in [-0.4, -0.2) is 120 Å². The Balaban J connectivity index is 2.11. The summed E-state index contributed by atoms with van der Waals surface area (Å²) in [5, 5.41) is 89.2. The smallest absolute Gasteiger partial charge is 0.332 e.